The molecule has 0 aromatic heterocycles. The second-order valence-corrected chi connectivity index (χ2v) is 9.13. The molecule has 0 N–H and O–H groups in total. The fourth-order valence-corrected chi connectivity index (χ4v) is 6.27. The highest BCUT2D eigenvalue weighted by molar-refractivity contribution is 6.70. The van der Waals surface area contributed by atoms with Crippen LogP contribution in [0.25, 0.3) is 0 Å². The minimum Gasteiger partial charge on any atom is -0.373 e. The second-order valence-electron chi connectivity index (χ2n) is 4.32. The molecule has 6 nitrogen and oxygen atoms in total. The molecule has 0 fully saturated rings. The second kappa shape index (κ2) is 13.1. The minimum atomic E-state index is -2.97. The quantitative estimate of drug-likeness (QED) is 0.370. The lowest BCUT2D eigenvalue weighted by molar-refractivity contribution is 0.0748. The zero-order valence-corrected chi connectivity index (χ0v) is 17.4. The van der Waals surface area contributed by atoms with Crippen LogP contribution in [0.15, 0.2) is 0 Å². The summed E-state index contributed by atoms with van der Waals surface area (Å²) in [6.45, 7) is 14.5. The molecule has 0 aliphatic rings. The van der Waals surface area contributed by atoms with E-state index in [4.69, 9.17) is 26.6 Å². The van der Waals surface area contributed by atoms with Gasteiger partial charge in [0.25, 0.3) is 0 Å². The highest BCUT2D eigenvalue weighted by Gasteiger charge is 2.42. The Kier molecular flexibility index (Phi) is 13.0. The summed E-state index contributed by atoms with van der Waals surface area (Å²) in [5.74, 6) is 3.10. The number of hydrogen-bond acceptors (Lipinski definition) is 6. The zero-order valence-electron chi connectivity index (χ0n) is 15.4. The maximum atomic E-state index is 5.79. The molecule has 23 heavy (non-hydrogen) atoms. The zero-order chi connectivity index (χ0) is 17.6. The Morgan fingerprint density at radius 1 is 0.565 bits per heavy atom. The Hall–Kier alpha value is -0.246. The van der Waals surface area contributed by atoms with Crippen LogP contribution in [0.5, 0.6) is 0 Å². The average Bonchev–Trinajstić information content (AvgIpc) is 2.49. The van der Waals surface area contributed by atoms with Crippen molar-refractivity contribution in [1.29, 1.82) is 0 Å². The Bertz CT molecular complexity index is 322. The summed E-state index contributed by atoms with van der Waals surface area (Å²) >= 11 is 0. The SMILES string of the molecule is CCO[Si](C#CC[Si](OCC)(OCC)OCC)(OCC)OCC. The first-order chi connectivity index (χ1) is 11.1. The molecule has 0 rings (SSSR count). The van der Waals surface area contributed by atoms with Gasteiger partial charge in [0.15, 0.2) is 0 Å². The molecular weight excluding hydrogens is 332 g/mol. The van der Waals surface area contributed by atoms with Crippen LogP contribution in [0.2, 0.25) is 6.04 Å². The first-order valence-electron chi connectivity index (χ1n) is 8.41. The molecule has 0 aliphatic carbocycles. The molecular formula is C15H32O6Si2. The summed E-state index contributed by atoms with van der Waals surface area (Å²) in [5, 5.41) is 0. The van der Waals surface area contributed by atoms with Crippen LogP contribution in [0.3, 0.4) is 0 Å². The Morgan fingerprint density at radius 3 is 1.22 bits per heavy atom. The summed E-state index contributed by atoms with van der Waals surface area (Å²) in [4.78, 5) is 0. The van der Waals surface area contributed by atoms with Gasteiger partial charge in [0.1, 0.15) is 0 Å². The summed E-state index contributed by atoms with van der Waals surface area (Å²) < 4.78 is 34.5. The van der Waals surface area contributed by atoms with Crippen molar-refractivity contribution in [1.82, 2.24) is 0 Å². The molecule has 0 radical (unpaired) electrons. The van der Waals surface area contributed by atoms with Crippen molar-refractivity contribution in [2.24, 2.45) is 0 Å². The van der Waals surface area contributed by atoms with E-state index >= 15 is 0 Å². The molecule has 0 aromatic carbocycles. The van der Waals surface area contributed by atoms with Crippen molar-refractivity contribution in [3.8, 4) is 11.5 Å². The first-order valence-corrected chi connectivity index (χ1v) is 12.1. The molecule has 0 unspecified atom stereocenters. The third kappa shape index (κ3) is 8.42. The summed E-state index contributed by atoms with van der Waals surface area (Å²) in [6, 6.07) is 0.393. The lowest BCUT2D eigenvalue weighted by atomic mass is 10.8. The van der Waals surface area contributed by atoms with E-state index in [1.54, 1.807) is 0 Å². The first kappa shape index (κ1) is 22.8. The van der Waals surface area contributed by atoms with Crippen LogP contribution < -0.4 is 0 Å². The van der Waals surface area contributed by atoms with E-state index in [2.05, 4.69) is 11.5 Å². The van der Waals surface area contributed by atoms with Gasteiger partial charge in [0, 0.05) is 39.6 Å². The van der Waals surface area contributed by atoms with Gasteiger partial charge >= 0.3 is 17.6 Å². The molecule has 0 atom stereocenters. The van der Waals surface area contributed by atoms with Gasteiger partial charge in [0.2, 0.25) is 0 Å². The van der Waals surface area contributed by atoms with Gasteiger partial charge in [0.05, 0.1) is 6.04 Å². The molecule has 8 heteroatoms. The summed E-state index contributed by atoms with van der Waals surface area (Å²) in [5.41, 5.74) is 3.08. The predicted octanol–water partition coefficient (Wildman–Crippen LogP) is 2.63. The molecule has 0 amide bonds. The van der Waals surface area contributed by atoms with Gasteiger partial charge in [-0.2, -0.15) is 0 Å². The van der Waals surface area contributed by atoms with Crippen LogP contribution in [0.4, 0.5) is 0 Å². The third-order valence-electron chi connectivity index (χ3n) is 2.64. The monoisotopic (exact) mass is 364 g/mol. The Balaban J connectivity index is 5.24. The fraction of sp³-hybridized carbons (Fsp3) is 0.867. The molecule has 0 aliphatic heterocycles. The van der Waals surface area contributed by atoms with Crippen LogP contribution in [-0.2, 0) is 26.6 Å². The fourth-order valence-electron chi connectivity index (χ4n) is 2.00. The van der Waals surface area contributed by atoms with Crippen molar-refractivity contribution in [2.45, 2.75) is 47.6 Å². The van der Waals surface area contributed by atoms with E-state index in [1.807, 2.05) is 41.5 Å². The van der Waals surface area contributed by atoms with Crippen LogP contribution in [-0.4, -0.2) is 57.3 Å². The molecule has 0 aromatic rings. The van der Waals surface area contributed by atoms with Gasteiger partial charge in [-0.25, -0.2) is 0 Å². The molecule has 0 spiro atoms. The smallest absolute Gasteiger partial charge is 0.373 e. The minimum absolute atomic E-state index is 0.393. The Morgan fingerprint density at radius 2 is 0.913 bits per heavy atom. The lowest BCUT2D eigenvalue weighted by Crippen LogP contribution is -2.47. The third-order valence-corrected chi connectivity index (χ3v) is 7.93. The van der Waals surface area contributed by atoms with E-state index in [9.17, 15) is 0 Å². The van der Waals surface area contributed by atoms with Crippen molar-refractivity contribution < 1.29 is 26.6 Å². The standard InChI is InChI=1S/C15H32O6Si2/c1-7-16-22(17-8-2,18-9-3)14-13-15-23(19-10-4,20-11-5)21-12-6/h7-12,14H2,1-6H3. The van der Waals surface area contributed by atoms with Crippen molar-refractivity contribution in [3.63, 3.8) is 0 Å². The largest absolute Gasteiger partial charge is 0.591 e. The van der Waals surface area contributed by atoms with Gasteiger partial charge in [-0.1, -0.05) is 5.92 Å². The van der Waals surface area contributed by atoms with Gasteiger partial charge in [-0.15, -0.1) is 0 Å². The number of hydrogen-bond donors (Lipinski definition) is 0. The van der Waals surface area contributed by atoms with E-state index in [0.717, 1.165) is 0 Å². The van der Waals surface area contributed by atoms with Crippen molar-refractivity contribution >= 4 is 17.6 Å². The van der Waals surface area contributed by atoms with Crippen LogP contribution >= 0.6 is 0 Å². The topological polar surface area (TPSA) is 55.4 Å². The van der Waals surface area contributed by atoms with Gasteiger partial charge < -0.3 is 26.6 Å². The van der Waals surface area contributed by atoms with Crippen LogP contribution in [0.1, 0.15) is 41.5 Å². The number of rotatable bonds is 13. The summed E-state index contributed by atoms with van der Waals surface area (Å²) in [6.07, 6.45) is 0. The lowest BCUT2D eigenvalue weighted by Gasteiger charge is -2.27. The van der Waals surface area contributed by atoms with Crippen molar-refractivity contribution in [3.05, 3.63) is 0 Å². The maximum absolute atomic E-state index is 5.79. The molecule has 0 heterocycles. The maximum Gasteiger partial charge on any atom is 0.591 e. The van der Waals surface area contributed by atoms with Crippen molar-refractivity contribution in [2.75, 3.05) is 39.6 Å². The van der Waals surface area contributed by atoms with E-state index in [0.29, 0.717) is 45.7 Å². The molecule has 0 saturated carbocycles. The highest BCUT2D eigenvalue weighted by Crippen LogP contribution is 2.16. The van der Waals surface area contributed by atoms with Gasteiger partial charge in [-0.3, -0.25) is 0 Å². The van der Waals surface area contributed by atoms with E-state index in [1.165, 1.54) is 0 Å². The van der Waals surface area contributed by atoms with Crippen LogP contribution in [0, 0.1) is 11.5 Å². The Labute approximate surface area is 143 Å². The normalized spacial score (nSPS) is 12.1. The predicted molar refractivity (Wildman–Crippen MR) is 93.8 cm³/mol. The average molecular weight is 365 g/mol. The molecule has 0 bridgehead atoms. The van der Waals surface area contributed by atoms with E-state index in [-0.39, 0.29) is 0 Å². The molecule has 136 valence electrons. The van der Waals surface area contributed by atoms with E-state index < -0.39 is 17.6 Å². The highest BCUT2D eigenvalue weighted by atomic mass is 28.4. The summed E-state index contributed by atoms with van der Waals surface area (Å²) in [7, 11) is -5.75. The van der Waals surface area contributed by atoms with Gasteiger partial charge in [-0.05, 0) is 47.1 Å². The molecule has 0 saturated heterocycles.